The standard InChI is InChI=1S/C24H39F2NO3/c1-3-4-13-29-18-8-5-16(6-9-18)17-7-11-20(21(25)14-17)24(28)30-19-10-12-23(27-2)22(26)15-19/h16-23H,2-15H2,1H3. The second-order valence-electron chi connectivity index (χ2n) is 9.59. The maximum absolute atomic E-state index is 14.9. The van der Waals surface area contributed by atoms with Gasteiger partial charge in [-0.1, -0.05) is 13.3 Å². The van der Waals surface area contributed by atoms with Gasteiger partial charge in [0.1, 0.15) is 18.4 Å². The molecule has 0 heterocycles. The van der Waals surface area contributed by atoms with Crippen LogP contribution in [0.25, 0.3) is 0 Å². The van der Waals surface area contributed by atoms with Crippen LogP contribution in [0, 0.1) is 17.8 Å². The molecule has 3 aliphatic carbocycles. The molecule has 3 rings (SSSR count). The van der Waals surface area contributed by atoms with Crippen molar-refractivity contribution in [2.75, 3.05) is 6.61 Å². The highest BCUT2D eigenvalue weighted by atomic mass is 19.1. The molecule has 0 aromatic heterocycles. The van der Waals surface area contributed by atoms with Gasteiger partial charge in [0, 0.05) is 13.0 Å². The SMILES string of the molecule is C=NC1CCC(OC(=O)C2CCC(C3CCC(OCCCC)CC3)CC2F)CC1F. The molecule has 3 fully saturated rings. The quantitative estimate of drug-likeness (QED) is 0.287. The van der Waals surface area contributed by atoms with Crippen molar-refractivity contribution in [3.63, 3.8) is 0 Å². The first-order chi connectivity index (χ1) is 14.5. The molecule has 0 saturated heterocycles. The fraction of sp³-hybridized carbons (Fsp3) is 0.917. The van der Waals surface area contributed by atoms with E-state index in [0.29, 0.717) is 43.6 Å². The Morgan fingerprint density at radius 1 is 0.933 bits per heavy atom. The Morgan fingerprint density at radius 2 is 1.63 bits per heavy atom. The van der Waals surface area contributed by atoms with Crippen LogP contribution in [-0.4, -0.2) is 49.9 Å². The van der Waals surface area contributed by atoms with Gasteiger partial charge in [-0.05, 0) is 82.8 Å². The zero-order valence-corrected chi connectivity index (χ0v) is 18.4. The van der Waals surface area contributed by atoms with Crippen LogP contribution in [0.5, 0.6) is 0 Å². The van der Waals surface area contributed by atoms with Gasteiger partial charge in [-0.25, -0.2) is 8.78 Å². The van der Waals surface area contributed by atoms with E-state index in [1.165, 1.54) is 0 Å². The number of unbranched alkanes of at least 4 members (excludes halogenated alkanes) is 1. The van der Waals surface area contributed by atoms with Crippen molar-refractivity contribution in [2.24, 2.45) is 22.7 Å². The van der Waals surface area contributed by atoms with Crippen molar-refractivity contribution < 1.29 is 23.0 Å². The minimum absolute atomic E-state index is 0.144. The molecule has 6 atom stereocenters. The third-order valence-electron chi connectivity index (χ3n) is 7.56. The van der Waals surface area contributed by atoms with Crippen LogP contribution < -0.4 is 0 Å². The van der Waals surface area contributed by atoms with E-state index in [4.69, 9.17) is 9.47 Å². The average Bonchev–Trinajstić information content (AvgIpc) is 2.74. The summed E-state index contributed by atoms with van der Waals surface area (Å²) < 4.78 is 40.4. The summed E-state index contributed by atoms with van der Waals surface area (Å²) in [5.41, 5.74) is 0. The summed E-state index contributed by atoms with van der Waals surface area (Å²) in [6.45, 7) is 6.43. The Hall–Kier alpha value is -1.04. The number of carbonyl (C=O) groups is 1. The van der Waals surface area contributed by atoms with Crippen LogP contribution in [0.4, 0.5) is 8.78 Å². The van der Waals surface area contributed by atoms with Crippen molar-refractivity contribution >= 4 is 12.7 Å². The van der Waals surface area contributed by atoms with Crippen molar-refractivity contribution in [1.29, 1.82) is 0 Å². The molecule has 172 valence electrons. The van der Waals surface area contributed by atoms with Gasteiger partial charge in [0.15, 0.2) is 0 Å². The summed E-state index contributed by atoms with van der Waals surface area (Å²) in [4.78, 5) is 16.3. The first-order valence-electron chi connectivity index (χ1n) is 12.1. The fourth-order valence-corrected chi connectivity index (χ4v) is 5.59. The lowest BCUT2D eigenvalue weighted by molar-refractivity contribution is -0.161. The molecule has 3 saturated carbocycles. The number of nitrogens with zero attached hydrogens (tertiary/aromatic N) is 1. The normalized spacial score (nSPS) is 40.0. The van der Waals surface area contributed by atoms with Gasteiger partial charge in [-0.3, -0.25) is 9.79 Å². The number of ether oxygens (including phenoxy) is 2. The lowest BCUT2D eigenvalue weighted by Crippen LogP contribution is -2.40. The molecule has 0 spiro atoms. The van der Waals surface area contributed by atoms with Gasteiger partial charge >= 0.3 is 5.97 Å². The number of carbonyl (C=O) groups excluding carboxylic acids is 1. The summed E-state index contributed by atoms with van der Waals surface area (Å²) in [6.07, 6.45) is 7.34. The van der Waals surface area contributed by atoms with Crippen LogP contribution in [0.15, 0.2) is 4.99 Å². The lowest BCUT2D eigenvalue weighted by atomic mass is 9.70. The topological polar surface area (TPSA) is 47.9 Å². The van der Waals surface area contributed by atoms with E-state index >= 15 is 0 Å². The minimum Gasteiger partial charge on any atom is -0.462 e. The first kappa shape index (κ1) is 23.6. The Labute approximate surface area is 180 Å². The molecule has 3 aliphatic rings. The summed E-state index contributed by atoms with van der Waals surface area (Å²) >= 11 is 0. The molecular weight excluding hydrogens is 388 g/mol. The van der Waals surface area contributed by atoms with Gasteiger partial charge in [0.2, 0.25) is 0 Å². The molecule has 6 heteroatoms. The largest absolute Gasteiger partial charge is 0.462 e. The summed E-state index contributed by atoms with van der Waals surface area (Å²) in [6, 6.07) is -0.406. The second kappa shape index (κ2) is 11.5. The number of esters is 1. The van der Waals surface area contributed by atoms with E-state index in [2.05, 4.69) is 18.6 Å². The molecule has 0 aliphatic heterocycles. The Kier molecular flexibility index (Phi) is 9.09. The smallest absolute Gasteiger partial charge is 0.312 e. The highest BCUT2D eigenvalue weighted by Crippen LogP contribution is 2.42. The summed E-state index contributed by atoms with van der Waals surface area (Å²) in [5.74, 6) is -0.273. The Bertz CT molecular complexity index is 553. The zero-order valence-electron chi connectivity index (χ0n) is 18.4. The van der Waals surface area contributed by atoms with Crippen molar-refractivity contribution in [3.05, 3.63) is 0 Å². The fourth-order valence-electron chi connectivity index (χ4n) is 5.59. The van der Waals surface area contributed by atoms with Gasteiger partial charge < -0.3 is 9.47 Å². The molecule has 0 aromatic rings. The third kappa shape index (κ3) is 6.24. The zero-order chi connectivity index (χ0) is 21.5. The van der Waals surface area contributed by atoms with E-state index in [0.717, 1.165) is 51.6 Å². The molecule has 4 nitrogen and oxygen atoms in total. The van der Waals surface area contributed by atoms with E-state index in [9.17, 15) is 13.6 Å². The molecule has 30 heavy (non-hydrogen) atoms. The second-order valence-corrected chi connectivity index (χ2v) is 9.59. The molecule has 0 aromatic carbocycles. The molecule has 6 unspecified atom stereocenters. The highest BCUT2D eigenvalue weighted by Gasteiger charge is 2.41. The molecule has 0 N–H and O–H groups in total. The van der Waals surface area contributed by atoms with Gasteiger partial charge in [0.25, 0.3) is 0 Å². The molecule has 0 radical (unpaired) electrons. The average molecular weight is 428 g/mol. The maximum atomic E-state index is 14.9. The third-order valence-corrected chi connectivity index (χ3v) is 7.56. The summed E-state index contributed by atoms with van der Waals surface area (Å²) in [7, 11) is 0. The lowest BCUT2D eigenvalue weighted by Gasteiger charge is -2.39. The van der Waals surface area contributed by atoms with E-state index in [1.807, 2.05) is 0 Å². The number of aliphatic imine (C=N–C) groups is 1. The molecule has 0 amide bonds. The maximum Gasteiger partial charge on any atom is 0.312 e. The van der Waals surface area contributed by atoms with Crippen molar-refractivity contribution in [2.45, 2.75) is 115 Å². The molecular formula is C24H39F2NO3. The number of hydrogen-bond acceptors (Lipinski definition) is 4. The minimum atomic E-state index is -1.15. The number of rotatable bonds is 8. The van der Waals surface area contributed by atoms with Crippen LogP contribution in [0.1, 0.15) is 84.0 Å². The predicted octanol–water partition coefficient (Wildman–Crippen LogP) is 5.62. The monoisotopic (exact) mass is 427 g/mol. The van der Waals surface area contributed by atoms with Gasteiger partial charge in [0.05, 0.1) is 18.1 Å². The van der Waals surface area contributed by atoms with Crippen LogP contribution in [-0.2, 0) is 14.3 Å². The predicted molar refractivity (Wildman–Crippen MR) is 114 cm³/mol. The van der Waals surface area contributed by atoms with Crippen LogP contribution >= 0.6 is 0 Å². The van der Waals surface area contributed by atoms with E-state index in [-0.39, 0.29) is 6.42 Å². The Morgan fingerprint density at radius 3 is 2.27 bits per heavy atom. The van der Waals surface area contributed by atoms with E-state index in [1.54, 1.807) is 0 Å². The number of hydrogen-bond donors (Lipinski definition) is 0. The molecule has 0 bridgehead atoms. The van der Waals surface area contributed by atoms with E-state index < -0.39 is 36.4 Å². The number of halogens is 2. The summed E-state index contributed by atoms with van der Waals surface area (Å²) in [5, 5.41) is 0. The number of alkyl halides is 2. The van der Waals surface area contributed by atoms with Crippen LogP contribution in [0.3, 0.4) is 0 Å². The van der Waals surface area contributed by atoms with Crippen LogP contribution in [0.2, 0.25) is 0 Å². The van der Waals surface area contributed by atoms with Crippen molar-refractivity contribution in [3.8, 4) is 0 Å². The Balaban J connectivity index is 1.40. The van der Waals surface area contributed by atoms with Crippen molar-refractivity contribution in [1.82, 2.24) is 0 Å². The first-order valence-corrected chi connectivity index (χ1v) is 12.1. The van der Waals surface area contributed by atoms with Gasteiger partial charge in [-0.15, -0.1) is 0 Å². The highest BCUT2D eigenvalue weighted by molar-refractivity contribution is 5.73. The van der Waals surface area contributed by atoms with Gasteiger partial charge in [-0.2, -0.15) is 0 Å².